The van der Waals surface area contributed by atoms with E-state index in [0.717, 1.165) is 49.6 Å². The fourth-order valence-corrected chi connectivity index (χ4v) is 8.00. The third-order valence-corrected chi connectivity index (χ3v) is 9.89. The SMILES string of the molecule is CP1(=O)c2ccccc2-c2cccc(-c3cccc(-c4nc(-c5ccccc5)nc(-c5ccccc5)n4)c3)c21. The van der Waals surface area contributed by atoms with Gasteiger partial charge in [-0.2, -0.15) is 0 Å². The molecule has 0 N–H and O–H groups in total. The Bertz CT molecular complexity index is 1840. The van der Waals surface area contributed by atoms with Gasteiger partial charge in [-0.15, -0.1) is 0 Å². The van der Waals surface area contributed by atoms with Gasteiger partial charge in [0, 0.05) is 27.3 Å². The predicted molar refractivity (Wildman–Crippen MR) is 160 cm³/mol. The van der Waals surface area contributed by atoms with Crippen LogP contribution < -0.4 is 10.6 Å². The zero-order chi connectivity index (χ0) is 26.4. The van der Waals surface area contributed by atoms with Gasteiger partial charge in [0.15, 0.2) is 17.5 Å². The van der Waals surface area contributed by atoms with Crippen molar-refractivity contribution >= 4 is 17.8 Å². The Kier molecular flexibility index (Phi) is 5.57. The molecule has 1 unspecified atom stereocenters. The van der Waals surface area contributed by atoms with Crippen LogP contribution in [0.5, 0.6) is 0 Å². The Morgan fingerprint density at radius 2 is 0.923 bits per heavy atom. The van der Waals surface area contributed by atoms with E-state index >= 15 is 0 Å². The molecule has 39 heavy (non-hydrogen) atoms. The van der Waals surface area contributed by atoms with Crippen LogP contribution in [0.3, 0.4) is 0 Å². The van der Waals surface area contributed by atoms with Gasteiger partial charge in [-0.25, -0.2) is 15.0 Å². The van der Waals surface area contributed by atoms with Crippen LogP contribution in [-0.4, -0.2) is 21.6 Å². The minimum Gasteiger partial charge on any atom is -0.314 e. The molecule has 0 radical (unpaired) electrons. The number of hydrogen-bond acceptors (Lipinski definition) is 4. The van der Waals surface area contributed by atoms with Crippen LogP contribution in [0.4, 0.5) is 0 Å². The van der Waals surface area contributed by atoms with E-state index in [0.29, 0.717) is 17.5 Å². The van der Waals surface area contributed by atoms with Gasteiger partial charge in [-0.3, -0.25) is 0 Å². The lowest BCUT2D eigenvalue weighted by Gasteiger charge is -2.15. The molecule has 2 heterocycles. The highest BCUT2D eigenvalue weighted by Gasteiger charge is 2.36. The van der Waals surface area contributed by atoms with Crippen LogP contribution in [0.2, 0.25) is 0 Å². The fraction of sp³-hybridized carbons (Fsp3) is 0.0294. The number of benzene rings is 5. The second kappa shape index (κ2) is 9.27. The van der Waals surface area contributed by atoms with Crippen molar-refractivity contribution in [2.75, 3.05) is 6.66 Å². The van der Waals surface area contributed by atoms with Crippen molar-refractivity contribution in [1.29, 1.82) is 0 Å². The van der Waals surface area contributed by atoms with Gasteiger partial charge in [-0.05, 0) is 35.0 Å². The van der Waals surface area contributed by atoms with Gasteiger partial charge in [-0.1, -0.05) is 121 Å². The topological polar surface area (TPSA) is 55.7 Å². The number of aromatic nitrogens is 3. The Balaban J connectivity index is 1.39. The van der Waals surface area contributed by atoms with Crippen molar-refractivity contribution in [3.63, 3.8) is 0 Å². The molecule has 0 amide bonds. The lowest BCUT2D eigenvalue weighted by Crippen LogP contribution is -2.11. The van der Waals surface area contributed by atoms with Crippen LogP contribution in [0.15, 0.2) is 127 Å². The van der Waals surface area contributed by atoms with E-state index in [-0.39, 0.29) is 0 Å². The molecule has 4 nitrogen and oxygen atoms in total. The van der Waals surface area contributed by atoms with Gasteiger partial charge in [0.1, 0.15) is 7.14 Å². The fourth-order valence-electron chi connectivity index (χ4n) is 5.41. The average Bonchev–Trinajstić information content (AvgIpc) is 3.24. The molecule has 7 rings (SSSR count). The third-order valence-electron chi connectivity index (χ3n) is 7.25. The Morgan fingerprint density at radius 3 is 1.59 bits per heavy atom. The van der Waals surface area contributed by atoms with Gasteiger partial charge >= 0.3 is 0 Å². The third kappa shape index (κ3) is 4.01. The van der Waals surface area contributed by atoms with Crippen molar-refractivity contribution < 1.29 is 4.57 Å². The summed E-state index contributed by atoms with van der Waals surface area (Å²) in [6, 6.07) is 42.4. The summed E-state index contributed by atoms with van der Waals surface area (Å²) in [6.45, 7) is 1.88. The molecule has 0 fully saturated rings. The highest BCUT2D eigenvalue weighted by molar-refractivity contribution is 7.79. The first kappa shape index (κ1) is 23.5. The van der Waals surface area contributed by atoms with E-state index < -0.39 is 7.14 Å². The van der Waals surface area contributed by atoms with Crippen molar-refractivity contribution in [3.05, 3.63) is 127 Å². The van der Waals surface area contributed by atoms with Gasteiger partial charge in [0.2, 0.25) is 0 Å². The molecule has 6 aromatic rings. The van der Waals surface area contributed by atoms with Gasteiger partial charge in [0.05, 0.1) is 0 Å². The summed E-state index contributed by atoms with van der Waals surface area (Å²) in [5.41, 5.74) is 6.83. The summed E-state index contributed by atoms with van der Waals surface area (Å²) in [5.74, 6) is 1.85. The smallest absolute Gasteiger partial charge is 0.164 e. The molecule has 0 spiro atoms. The zero-order valence-corrected chi connectivity index (χ0v) is 22.2. The number of hydrogen-bond donors (Lipinski definition) is 0. The molecule has 1 atom stereocenters. The molecule has 0 bridgehead atoms. The van der Waals surface area contributed by atoms with E-state index in [9.17, 15) is 4.57 Å². The van der Waals surface area contributed by atoms with E-state index in [1.54, 1.807) is 0 Å². The lowest BCUT2D eigenvalue weighted by atomic mass is 9.98. The van der Waals surface area contributed by atoms with Crippen LogP contribution in [0.1, 0.15) is 0 Å². The van der Waals surface area contributed by atoms with Crippen molar-refractivity contribution in [2.45, 2.75) is 0 Å². The average molecular weight is 522 g/mol. The van der Waals surface area contributed by atoms with E-state index in [1.807, 2.05) is 104 Å². The van der Waals surface area contributed by atoms with Crippen molar-refractivity contribution in [1.82, 2.24) is 15.0 Å². The maximum Gasteiger partial charge on any atom is 0.164 e. The molecule has 186 valence electrons. The maximum atomic E-state index is 14.2. The summed E-state index contributed by atoms with van der Waals surface area (Å²) in [7, 11) is -2.75. The van der Waals surface area contributed by atoms with Crippen LogP contribution in [-0.2, 0) is 4.57 Å². The molecule has 1 aliphatic heterocycles. The quantitative estimate of drug-likeness (QED) is 0.226. The summed E-state index contributed by atoms with van der Waals surface area (Å²) in [5, 5.41) is 1.86. The first-order valence-electron chi connectivity index (χ1n) is 12.9. The summed E-state index contributed by atoms with van der Waals surface area (Å²) in [6.07, 6.45) is 0. The number of fused-ring (bicyclic) bond motifs is 3. The minimum absolute atomic E-state index is 0.597. The Morgan fingerprint density at radius 1 is 0.462 bits per heavy atom. The Hall–Kier alpha value is -4.66. The second-order valence-electron chi connectivity index (χ2n) is 9.76. The summed E-state index contributed by atoms with van der Waals surface area (Å²) < 4.78 is 14.2. The molecule has 1 aromatic heterocycles. The summed E-state index contributed by atoms with van der Waals surface area (Å²) >= 11 is 0. The second-order valence-corrected chi connectivity index (χ2v) is 12.5. The standard InChI is InChI=1S/C34H24N3OP/c1-39(38)30-21-9-8-18-28(30)29-20-11-19-27(31(29)39)25-16-10-17-26(22-25)34-36-32(23-12-4-2-5-13-23)35-33(37-34)24-14-6-3-7-15-24/h2-22H,1H3. The predicted octanol–water partition coefficient (Wildman–Crippen LogP) is 7.46. The number of rotatable bonds is 4. The molecule has 5 heteroatoms. The van der Waals surface area contributed by atoms with E-state index in [1.165, 1.54) is 0 Å². The van der Waals surface area contributed by atoms with Crippen molar-refractivity contribution in [3.8, 4) is 56.4 Å². The molecule has 5 aromatic carbocycles. The molecular formula is C34H24N3OP. The largest absolute Gasteiger partial charge is 0.314 e. The number of nitrogens with zero attached hydrogens (tertiary/aromatic N) is 3. The molecule has 1 aliphatic rings. The van der Waals surface area contributed by atoms with E-state index in [2.05, 4.69) is 30.3 Å². The molecule has 0 saturated carbocycles. The molecule has 0 aliphatic carbocycles. The monoisotopic (exact) mass is 521 g/mol. The first-order valence-corrected chi connectivity index (χ1v) is 15.0. The van der Waals surface area contributed by atoms with Gasteiger partial charge < -0.3 is 4.57 Å². The lowest BCUT2D eigenvalue weighted by molar-refractivity contribution is 0.591. The molecular weight excluding hydrogens is 497 g/mol. The normalized spacial score (nSPS) is 15.5. The highest BCUT2D eigenvalue weighted by Crippen LogP contribution is 2.52. The summed E-state index contributed by atoms with van der Waals surface area (Å²) in [4.78, 5) is 14.6. The Labute approximate surface area is 227 Å². The van der Waals surface area contributed by atoms with E-state index in [4.69, 9.17) is 15.0 Å². The minimum atomic E-state index is -2.75. The van der Waals surface area contributed by atoms with Crippen LogP contribution in [0.25, 0.3) is 56.4 Å². The maximum absolute atomic E-state index is 14.2. The van der Waals surface area contributed by atoms with Crippen LogP contribution in [0, 0.1) is 0 Å². The van der Waals surface area contributed by atoms with Gasteiger partial charge in [0.25, 0.3) is 0 Å². The highest BCUT2D eigenvalue weighted by atomic mass is 31.2. The first-order chi connectivity index (χ1) is 19.1. The zero-order valence-electron chi connectivity index (χ0n) is 21.3. The molecule has 0 saturated heterocycles. The van der Waals surface area contributed by atoms with Crippen molar-refractivity contribution in [2.24, 2.45) is 0 Å². The van der Waals surface area contributed by atoms with Crippen LogP contribution >= 0.6 is 7.14 Å².